The van der Waals surface area contributed by atoms with Crippen LogP contribution >= 0.6 is 0 Å². The van der Waals surface area contributed by atoms with Crippen LogP contribution in [0.5, 0.6) is 0 Å². The van der Waals surface area contributed by atoms with Gasteiger partial charge >= 0.3 is 0 Å². The van der Waals surface area contributed by atoms with Crippen LogP contribution < -0.4 is 10.6 Å². The van der Waals surface area contributed by atoms with Crippen molar-refractivity contribution < 1.29 is 0 Å². The first-order valence-electron chi connectivity index (χ1n) is 7.39. The molecule has 1 aliphatic rings. The van der Waals surface area contributed by atoms with Crippen molar-refractivity contribution in [2.45, 2.75) is 32.7 Å². The second-order valence-electron chi connectivity index (χ2n) is 5.84. The van der Waals surface area contributed by atoms with Crippen molar-refractivity contribution in [2.24, 2.45) is 11.7 Å². The molecule has 2 N–H and O–H groups in total. The van der Waals surface area contributed by atoms with Crippen LogP contribution in [0.25, 0.3) is 10.8 Å². The Balaban J connectivity index is 1.90. The van der Waals surface area contributed by atoms with E-state index >= 15 is 0 Å². The molecule has 1 fully saturated rings. The van der Waals surface area contributed by atoms with Gasteiger partial charge in [-0.3, -0.25) is 0 Å². The standard InChI is InChI=1S/C16H22N4/c1-11(17)13-7-9-20(10-8-13)16-15-6-4-3-5-14(15)12(2)18-19-16/h3-6,11,13H,7-10,17H2,1-2H3. The van der Waals surface area contributed by atoms with Crippen LogP contribution in [0.1, 0.15) is 25.5 Å². The number of hydrogen-bond acceptors (Lipinski definition) is 4. The second-order valence-corrected chi connectivity index (χ2v) is 5.84. The average Bonchev–Trinajstić information content (AvgIpc) is 2.48. The largest absolute Gasteiger partial charge is 0.355 e. The molecule has 0 radical (unpaired) electrons. The van der Waals surface area contributed by atoms with Gasteiger partial charge in [0, 0.05) is 29.9 Å². The van der Waals surface area contributed by atoms with E-state index in [4.69, 9.17) is 5.73 Å². The van der Waals surface area contributed by atoms with Gasteiger partial charge in [-0.25, -0.2) is 0 Å². The highest BCUT2D eigenvalue weighted by Crippen LogP contribution is 2.29. The number of piperidine rings is 1. The zero-order chi connectivity index (χ0) is 14.1. The summed E-state index contributed by atoms with van der Waals surface area (Å²) in [6, 6.07) is 8.68. The zero-order valence-corrected chi connectivity index (χ0v) is 12.2. The van der Waals surface area contributed by atoms with Crippen LogP contribution in [0.4, 0.5) is 5.82 Å². The van der Waals surface area contributed by atoms with E-state index in [0.717, 1.165) is 37.4 Å². The maximum atomic E-state index is 6.02. The van der Waals surface area contributed by atoms with Crippen molar-refractivity contribution in [3.05, 3.63) is 30.0 Å². The van der Waals surface area contributed by atoms with Crippen LogP contribution in [-0.2, 0) is 0 Å². The monoisotopic (exact) mass is 270 g/mol. The SMILES string of the molecule is Cc1nnc(N2CCC(C(C)N)CC2)c2ccccc12. The molecule has 1 aliphatic heterocycles. The fourth-order valence-electron chi connectivity index (χ4n) is 3.09. The molecule has 0 bridgehead atoms. The van der Waals surface area contributed by atoms with Crippen LogP contribution in [0.15, 0.2) is 24.3 Å². The molecule has 4 heteroatoms. The predicted molar refractivity (Wildman–Crippen MR) is 82.9 cm³/mol. The van der Waals surface area contributed by atoms with Crippen LogP contribution in [-0.4, -0.2) is 29.3 Å². The van der Waals surface area contributed by atoms with Gasteiger partial charge in [-0.1, -0.05) is 24.3 Å². The first kappa shape index (κ1) is 13.3. The number of nitrogens with two attached hydrogens (primary N) is 1. The molecule has 3 rings (SSSR count). The number of hydrogen-bond donors (Lipinski definition) is 1. The normalized spacial score (nSPS) is 18.4. The Bertz CT molecular complexity index is 600. The summed E-state index contributed by atoms with van der Waals surface area (Å²) in [7, 11) is 0. The second kappa shape index (κ2) is 5.37. The molecule has 0 aliphatic carbocycles. The summed E-state index contributed by atoms with van der Waals surface area (Å²) < 4.78 is 0. The highest BCUT2D eigenvalue weighted by atomic mass is 15.3. The fraction of sp³-hybridized carbons (Fsp3) is 0.500. The van der Waals surface area contributed by atoms with E-state index in [2.05, 4.69) is 46.3 Å². The molecule has 2 heterocycles. The van der Waals surface area contributed by atoms with Crippen molar-refractivity contribution in [3.8, 4) is 0 Å². The predicted octanol–water partition coefficient (Wildman–Crippen LogP) is 2.50. The lowest BCUT2D eigenvalue weighted by Crippen LogP contribution is -2.40. The molecule has 2 aromatic rings. The molecule has 0 saturated carbocycles. The Hall–Kier alpha value is -1.68. The molecule has 1 atom stereocenters. The third kappa shape index (κ3) is 2.36. The highest BCUT2D eigenvalue weighted by molar-refractivity contribution is 5.93. The summed E-state index contributed by atoms with van der Waals surface area (Å²) in [5, 5.41) is 11.2. The van der Waals surface area contributed by atoms with Crippen molar-refractivity contribution in [2.75, 3.05) is 18.0 Å². The number of aryl methyl sites for hydroxylation is 1. The van der Waals surface area contributed by atoms with E-state index in [1.54, 1.807) is 0 Å². The maximum absolute atomic E-state index is 6.02. The third-order valence-corrected chi connectivity index (χ3v) is 4.44. The molecule has 0 amide bonds. The average molecular weight is 270 g/mol. The summed E-state index contributed by atoms with van der Waals surface area (Å²) >= 11 is 0. The Labute approximate surface area is 120 Å². The van der Waals surface area contributed by atoms with Gasteiger partial charge in [0.05, 0.1) is 5.69 Å². The van der Waals surface area contributed by atoms with Crippen molar-refractivity contribution >= 4 is 16.6 Å². The lowest BCUT2D eigenvalue weighted by atomic mass is 9.91. The van der Waals surface area contributed by atoms with Gasteiger partial charge in [0.15, 0.2) is 5.82 Å². The molecular weight excluding hydrogens is 248 g/mol. The lowest BCUT2D eigenvalue weighted by molar-refractivity contribution is 0.353. The summed E-state index contributed by atoms with van der Waals surface area (Å²) in [6.07, 6.45) is 2.28. The molecule has 1 unspecified atom stereocenters. The summed E-state index contributed by atoms with van der Waals surface area (Å²) in [5.74, 6) is 1.66. The van der Waals surface area contributed by atoms with E-state index in [0.29, 0.717) is 5.92 Å². The van der Waals surface area contributed by atoms with Gasteiger partial charge < -0.3 is 10.6 Å². The number of rotatable bonds is 2. The Morgan fingerprint density at radius 3 is 2.45 bits per heavy atom. The van der Waals surface area contributed by atoms with Gasteiger partial charge in [0.1, 0.15) is 0 Å². The van der Waals surface area contributed by atoms with E-state index in [-0.39, 0.29) is 6.04 Å². The molecule has 1 aromatic heterocycles. The van der Waals surface area contributed by atoms with E-state index in [1.807, 2.05) is 6.92 Å². The lowest BCUT2D eigenvalue weighted by Gasteiger charge is -2.34. The molecular formula is C16H22N4. The topological polar surface area (TPSA) is 55.0 Å². The Morgan fingerprint density at radius 2 is 1.80 bits per heavy atom. The first-order chi connectivity index (χ1) is 9.66. The fourth-order valence-corrected chi connectivity index (χ4v) is 3.09. The quantitative estimate of drug-likeness (QED) is 0.911. The molecule has 106 valence electrons. The minimum absolute atomic E-state index is 0.290. The van der Waals surface area contributed by atoms with Crippen LogP contribution in [0.2, 0.25) is 0 Å². The smallest absolute Gasteiger partial charge is 0.159 e. The minimum Gasteiger partial charge on any atom is -0.355 e. The minimum atomic E-state index is 0.290. The Kier molecular flexibility index (Phi) is 3.57. The highest BCUT2D eigenvalue weighted by Gasteiger charge is 2.24. The molecule has 1 saturated heterocycles. The van der Waals surface area contributed by atoms with E-state index in [9.17, 15) is 0 Å². The van der Waals surface area contributed by atoms with Gasteiger partial charge in [0.25, 0.3) is 0 Å². The van der Waals surface area contributed by atoms with Crippen molar-refractivity contribution in [3.63, 3.8) is 0 Å². The van der Waals surface area contributed by atoms with E-state index < -0.39 is 0 Å². The summed E-state index contributed by atoms with van der Waals surface area (Å²) in [5.41, 5.74) is 7.01. The van der Waals surface area contributed by atoms with Crippen LogP contribution in [0, 0.1) is 12.8 Å². The molecule has 20 heavy (non-hydrogen) atoms. The number of fused-ring (bicyclic) bond motifs is 1. The molecule has 0 spiro atoms. The number of benzene rings is 1. The number of anilines is 1. The zero-order valence-electron chi connectivity index (χ0n) is 12.2. The molecule has 4 nitrogen and oxygen atoms in total. The van der Waals surface area contributed by atoms with E-state index in [1.165, 1.54) is 10.8 Å². The third-order valence-electron chi connectivity index (χ3n) is 4.44. The van der Waals surface area contributed by atoms with Crippen LogP contribution in [0.3, 0.4) is 0 Å². The Morgan fingerprint density at radius 1 is 1.15 bits per heavy atom. The van der Waals surface area contributed by atoms with Gasteiger partial charge in [0.2, 0.25) is 0 Å². The van der Waals surface area contributed by atoms with Crippen molar-refractivity contribution in [1.82, 2.24) is 10.2 Å². The molecule has 1 aromatic carbocycles. The maximum Gasteiger partial charge on any atom is 0.159 e. The first-order valence-corrected chi connectivity index (χ1v) is 7.39. The van der Waals surface area contributed by atoms with Gasteiger partial charge in [-0.05, 0) is 32.6 Å². The number of nitrogens with zero attached hydrogens (tertiary/aromatic N) is 3. The number of aromatic nitrogens is 2. The van der Waals surface area contributed by atoms with Crippen molar-refractivity contribution in [1.29, 1.82) is 0 Å². The van der Waals surface area contributed by atoms with Gasteiger partial charge in [-0.2, -0.15) is 5.10 Å². The summed E-state index contributed by atoms with van der Waals surface area (Å²) in [4.78, 5) is 2.35. The summed E-state index contributed by atoms with van der Waals surface area (Å²) in [6.45, 7) is 6.17. The van der Waals surface area contributed by atoms with Gasteiger partial charge in [-0.15, -0.1) is 5.10 Å².